The number of aromatic nitrogens is 4. The Bertz CT molecular complexity index is 2430. The van der Waals surface area contributed by atoms with Crippen molar-refractivity contribution in [3.63, 3.8) is 0 Å². The van der Waals surface area contributed by atoms with Gasteiger partial charge in [-0.1, -0.05) is 49.0 Å². The van der Waals surface area contributed by atoms with Crippen LogP contribution in [0.5, 0.6) is 0 Å². The number of piperazine rings is 2. The molecule has 0 atom stereocenters. The van der Waals surface area contributed by atoms with Crippen molar-refractivity contribution in [2.24, 2.45) is 0 Å². The summed E-state index contributed by atoms with van der Waals surface area (Å²) in [7, 11) is 0. The summed E-state index contributed by atoms with van der Waals surface area (Å²) in [5, 5.41) is 3.76. The second-order valence-electron chi connectivity index (χ2n) is 13.6. The molecule has 2 N–H and O–H groups in total. The van der Waals surface area contributed by atoms with Gasteiger partial charge in [0.25, 0.3) is 22.3 Å². The third kappa shape index (κ3) is 9.54. The molecule has 7 heterocycles. The molecule has 4 aliphatic rings. The Balaban J connectivity index is 0.000000167. The van der Waals surface area contributed by atoms with Gasteiger partial charge in [-0.25, -0.2) is 19.9 Å². The summed E-state index contributed by atoms with van der Waals surface area (Å²) in [5.41, 5.74) is 5.71. The van der Waals surface area contributed by atoms with E-state index >= 15 is 0 Å². The van der Waals surface area contributed by atoms with Crippen LogP contribution in [-0.2, 0) is 9.59 Å². The number of amides is 4. The van der Waals surface area contributed by atoms with E-state index in [0.29, 0.717) is 33.1 Å². The van der Waals surface area contributed by atoms with Crippen molar-refractivity contribution in [3.8, 4) is 11.1 Å². The van der Waals surface area contributed by atoms with Crippen molar-refractivity contribution in [1.82, 2.24) is 35.5 Å². The number of imide groups is 2. The van der Waals surface area contributed by atoms with E-state index in [1.54, 1.807) is 42.9 Å². The minimum absolute atomic E-state index is 0.337. The van der Waals surface area contributed by atoms with Crippen molar-refractivity contribution in [2.75, 3.05) is 67.1 Å². The lowest BCUT2D eigenvalue weighted by atomic mass is 10.1. The second-order valence-corrected chi connectivity index (χ2v) is 15.6. The van der Waals surface area contributed by atoms with Gasteiger partial charge in [0, 0.05) is 70.4 Å². The van der Waals surface area contributed by atoms with E-state index in [2.05, 4.69) is 105 Å². The summed E-state index contributed by atoms with van der Waals surface area (Å²) < 4.78 is 5.41. The Hall–Kier alpha value is -6.72. The van der Waals surface area contributed by atoms with Crippen molar-refractivity contribution >= 4 is 81.2 Å². The zero-order valence-corrected chi connectivity index (χ0v) is 33.3. The third-order valence-corrected chi connectivity index (χ3v) is 11.4. The van der Waals surface area contributed by atoms with E-state index in [4.69, 9.17) is 4.42 Å². The van der Waals surface area contributed by atoms with Gasteiger partial charge in [0.05, 0.1) is 33.2 Å². The summed E-state index contributed by atoms with van der Waals surface area (Å²) in [6, 6.07) is 26.2. The average Bonchev–Trinajstić information content (AvgIpc) is 4.01. The van der Waals surface area contributed by atoms with Crippen LogP contribution < -0.4 is 25.3 Å². The number of hydrogen-bond donors (Lipinski definition) is 2. The highest BCUT2D eigenvalue weighted by molar-refractivity contribution is 8.18. The fourth-order valence-electron chi connectivity index (χ4n) is 6.73. The molecule has 298 valence electrons. The number of nitrogens with one attached hydrogen (secondary N) is 2. The predicted molar refractivity (Wildman–Crippen MR) is 230 cm³/mol. The van der Waals surface area contributed by atoms with E-state index in [0.717, 1.165) is 87.3 Å². The van der Waals surface area contributed by atoms with E-state index in [-0.39, 0.29) is 16.4 Å². The first-order chi connectivity index (χ1) is 28.8. The molecule has 4 saturated heterocycles. The Morgan fingerprint density at radius 2 is 1.12 bits per heavy atom. The number of anilines is 3. The van der Waals surface area contributed by atoms with Crippen LogP contribution in [0.15, 0.2) is 118 Å². The summed E-state index contributed by atoms with van der Waals surface area (Å²) in [6.07, 6.45) is 8.21. The van der Waals surface area contributed by atoms with E-state index in [9.17, 15) is 19.2 Å². The van der Waals surface area contributed by atoms with Crippen LogP contribution in [0.4, 0.5) is 27.2 Å². The minimum Gasteiger partial charge on any atom is -0.463 e. The summed E-state index contributed by atoms with van der Waals surface area (Å²) in [4.78, 5) is 73.4. The Morgan fingerprint density at radius 3 is 1.61 bits per heavy atom. The maximum Gasteiger partial charge on any atom is 0.290 e. The minimum atomic E-state index is -0.393. The van der Waals surface area contributed by atoms with Gasteiger partial charge in [-0.05, 0) is 83.2 Å². The molecule has 2 aromatic carbocycles. The van der Waals surface area contributed by atoms with E-state index < -0.39 is 5.91 Å². The molecular formula is C42H38N10O5S2. The van der Waals surface area contributed by atoms with Crippen LogP contribution in [0.25, 0.3) is 29.0 Å². The fourth-order valence-corrected chi connectivity index (χ4v) is 8.07. The number of carbonyl (C=O) groups is 4. The number of benzene rings is 2. The molecule has 3 aromatic heterocycles. The van der Waals surface area contributed by atoms with Crippen molar-refractivity contribution < 1.29 is 23.6 Å². The lowest BCUT2D eigenvalue weighted by molar-refractivity contribution is -0.116. The largest absolute Gasteiger partial charge is 0.463 e. The molecule has 59 heavy (non-hydrogen) atoms. The average molecular weight is 827 g/mol. The van der Waals surface area contributed by atoms with E-state index in [1.807, 2.05) is 18.2 Å². The number of hydrogen-bond acceptors (Lipinski definition) is 15. The summed E-state index contributed by atoms with van der Waals surface area (Å²) >= 11 is 1.76. The maximum absolute atomic E-state index is 11.8. The highest BCUT2D eigenvalue weighted by Crippen LogP contribution is 2.28. The first kappa shape index (κ1) is 39.1. The van der Waals surface area contributed by atoms with Gasteiger partial charge in [0.15, 0.2) is 0 Å². The van der Waals surface area contributed by atoms with Gasteiger partial charge in [0.1, 0.15) is 5.76 Å². The summed E-state index contributed by atoms with van der Waals surface area (Å²) in [6.45, 7) is 10.5. The van der Waals surface area contributed by atoms with Crippen LogP contribution in [0.1, 0.15) is 17.1 Å². The molecule has 4 aliphatic heterocycles. The Morgan fingerprint density at radius 1 is 0.610 bits per heavy atom. The molecule has 15 nitrogen and oxygen atoms in total. The summed E-state index contributed by atoms with van der Waals surface area (Å²) in [5.74, 6) is 1.23. The Labute approximate surface area is 348 Å². The standard InChI is InChI=1S/C24H21N5O2S.C18H17N5O3S/c30-22-21(32-24(31)27-22)16-19-10-11-25-23(26-19)29-14-12-28(13-15-29)20-8-6-18(7-9-20)17-4-2-1-3-5-17;1-12(14-3-2-10-26-14)22-6-8-23(9-7-22)17-19-5-4-13(20-17)11-15-16(24)21-18(25)27-15/h1-11,16H,12-15H2,(H,27,30,31);2-5,10-11H,1,6-9H2,(H,21,24,25)/b21-16-;15-11-. The zero-order chi connectivity index (χ0) is 40.7. The highest BCUT2D eigenvalue weighted by Gasteiger charge is 2.27. The van der Waals surface area contributed by atoms with Crippen molar-refractivity contribution in [2.45, 2.75) is 0 Å². The van der Waals surface area contributed by atoms with Crippen LogP contribution in [0.2, 0.25) is 0 Å². The van der Waals surface area contributed by atoms with Gasteiger partial charge in [0.2, 0.25) is 11.9 Å². The van der Waals surface area contributed by atoms with Crippen molar-refractivity contribution in [1.29, 1.82) is 0 Å². The van der Waals surface area contributed by atoms with Gasteiger partial charge < -0.3 is 24.0 Å². The maximum atomic E-state index is 11.8. The molecule has 4 amide bonds. The molecule has 0 unspecified atom stereocenters. The number of nitrogens with zero attached hydrogens (tertiary/aromatic N) is 8. The molecule has 4 fully saturated rings. The molecule has 0 saturated carbocycles. The fraction of sp³-hybridized carbons (Fsp3) is 0.190. The van der Waals surface area contributed by atoms with Gasteiger partial charge in [-0.2, -0.15) is 0 Å². The number of thioether (sulfide) groups is 2. The molecule has 5 aromatic rings. The monoisotopic (exact) mass is 826 g/mol. The molecule has 0 aliphatic carbocycles. The van der Waals surface area contributed by atoms with Crippen molar-refractivity contribution in [3.05, 3.63) is 131 Å². The predicted octanol–water partition coefficient (Wildman–Crippen LogP) is 5.98. The van der Waals surface area contributed by atoms with E-state index in [1.165, 1.54) is 16.8 Å². The lowest BCUT2D eigenvalue weighted by Gasteiger charge is -2.36. The SMILES string of the molecule is C=C(c1ccco1)N1CCN(c2nccc(/C=C3\SC(=O)NC3=O)n2)CC1.O=C1NC(=O)/C(=C/c2ccnc(N3CCN(c4ccc(-c5ccccc5)cc4)CC3)n2)S1. The zero-order valence-electron chi connectivity index (χ0n) is 31.7. The molecule has 0 spiro atoms. The third-order valence-electron chi connectivity index (χ3n) is 9.82. The van der Waals surface area contributed by atoms with Gasteiger partial charge >= 0.3 is 0 Å². The molecule has 0 bridgehead atoms. The molecule has 9 rings (SSSR count). The number of furan rings is 1. The number of carbonyl (C=O) groups excluding carboxylic acids is 4. The van der Waals surface area contributed by atoms with Crippen LogP contribution in [-0.4, -0.2) is 99.5 Å². The molecule has 0 radical (unpaired) electrons. The topological polar surface area (TPSA) is 170 Å². The molecular weight excluding hydrogens is 789 g/mol. The Kier molecular flexibility index (Phi) is 11.8. The normalized spacial score (nSPS) is 18.2. The van der Waals surface area contributed by atoms with Gasteiger partial charge in [-0.3, -0.25) is 29.8 Å². The highest BCUT2D eigenvalue weighted by atomic mass is 32.2. The van der Waals surface area contributed by atoms with Crippen LogP contribution >= 0.6 is 23.5 Å². The van der Waals surface area contributed by atoms with Crippen LogP contribution in [0, 0.1) is 0 Å². The first-order valence-corrected chi connectivity index (χ1v) is 20.4. The lowest BCUT2D eigenvalue weighted by Crippen LogP contribution is -2.47. The quantitative estimate of drug-likeness (QED) is 0.175. The van der Waals surface area contributed by atoms with Crippen LogP contribution in [0.3, 0.4) is 0 Å². The number of rotatable bonds is 8. The first-order valence-electron chi connectivity index (χ1n) is 18.8. The smallest absolute Gasteiger partial charge is 0.290 e. The van der Waals surface area contributed by atoms with Gasteiger partial charge in [-0.15, -0.1) is 0 Å². The second kappa shape index (κ2) is 17.8. The molecule has 17 heteroatoms.